The average Bonchev–Trinajstić information content (AvgIpc) is 2.44. The summed E-state index contributed by atoms with van der Waals surface area (Å²) in [5.41, 5.74) is 0. The van der Waals surface area contributed by atoms with Crippen LogP contribution >= 0.6 is 0 Å². The molecular weight excluding hydrogens is 309 g/mol. The molecule has 116 valence electrons. The van der Waals surface area contributed by atoms with Gasteiger partial charge in [-0.1, -0.05) is 6.92 Å². The van der Waals surface area contributed by atoms with E-state index in [4.69, 9.17) is 0 Å². The van der Waals surface area contributed by atoms with Crippen molar-refractivity contribution in [3.63, 3.8) is 0 Å². The van der Waals surface area contributed by atoms with Gasteiger partial charge in [-0.05, 0) is 18.6 Å². The fraction of sp³-hybridized carbons (Fsp3) is 0.417. The van der Waals surface area contributed by atoms with Gasteiger partial charge in [0.15, 0.2) is 17.5 Å². The van der Waals surface area contributed by atoms with Gasteiger partial charge in [0.2, 0.25) is 15.9 Å². The van der Waals surface area contributed by atoms with Crippen molar-refractivity contribution in [3.8, 4) is 0 Å². The van der Waals surface area contributed by atoms with Crippen molar-refractivity contribution in [1.29, 1.82) is 0 Å². The molecule has 21 heavy (non-hydrogen) atoms. The zero-order valence-electron chi connectivity index (χ0n) is 11.1. The monoisotopic (exact) mass is 322 g/mol. The van der Waals surface area contributed by atoms with Crippen LogP contribution in [-0.2, 0) is 14.8 Å². The number of rotatable bonds is 3. The van der Waals surface area contributed by atoms with E-state index in [2.05, 4.69) is 5.32 Å². The molecule has 1 aliphatic rings. The van der Waals surface area contributed by atoms with Gasteiger partial charge >= 0.3 is 0 Å². The minimum atomic E-state index is -4.44. The van der Waals surface area contributed by atoms with Crippen LogP contribution in [0.25, 0.3) is 0 Å². The number of hydrogen-bond acceptors (Lipinski definition) is 3. The highest BCUT2D eigenvalue weighted by molar-refractivity contribution is 7.89. The van der Waals surface area contributed by atoms with Crippen molar-refractivity contribution in [2.45, 2.75) is 24.3 Å². The second kappa shape index (κ2) is 5.64. The number of benzene rings is 1. The molecule has 1 heterocycles. The molecular formula is C12H13F3N2O3S. The average molecular weight is 322 g/mol. The molecule has 1 N–H and O–H groups in total. The molecule has 1 atom stereocenters. The van der Waals surface area contributed by atoms with Crippen molar-refractivity contribution in [1.82, 2.24) is 9.62 Å². The van der Waals surface area contributed by atoms with Gasteiger partial charge in [0.05, 0.1) is 0 Å². The third-order valence-corrected chi connectivity index (χ3v) is 5.18. The predicted molar refractivity (Wildman–Crippen MR) is 67.3 cm³/mol. The Labute approximate surface area is 119 Å². The van der Waals surface area contributed by atoms with E-state index in [1.54, 1.807) is 6.92 Å². The Bertz CT molecular complexity index is 679. The van der Waals surface area contributed by atoms with Crippen molar-refractivity contribution in [2.24, 2.45) is 0 Å². The van der Waals surface area contributed by atoms with Gasteiger partial charge in [-0.15, -0.1) is 0 Å². The van der Waals surface area contributed by atoms with E-state index in [9.17, 15) is 26.4 Å². The lowest BCUT2D eigenvalue weighted by atomic mass is 10.2. The predicted octanol–water partition coefficient (Wildman–Crippen LogP) is 1.00. The number of nitrogens with one attached hydrogen (secondary N) is 1. The molecule has 1 saturated heterocycles. The van der Waals surface area contributed by atoms with Gasteiger partial charge < -0.3 is 5.32 Å². The first kappa shape index (κ1) is 15.8. The zero-order valence-corrected chi connectivity index (χ0v) is 11.9. The Morgan fingerprint density at radius 3 is 2.57 bits per heavy atom. The molecule has 0 bridgehead atoms. The maximum absolute atomic E-state index is 13.7. The molecule has 1 amide bonds. The molecule has 2 rings (SSSR count). The minimum absolute atomic E-state index is 0.0645. The van der Waals surface area contributed by atoms with Gasteiger partial charge in [-0.25, -0.2) is 21.6 Å². The van der Waals surface area contributed by atoms with Crippen LogP contribution in [0.3, 0.4) is 0 Å². The summed E-state index contributed by atoms with van der Waals surface area (Å²) in [6.07, 6.45) is 0.177. The first-order chi connectivity index (χ1) is 9.80. The topological polar surface area (TPSA) is 66.5 Å². The second-order valence-corrected chi connectivity index (χ2v) is 6.36. The molecule has 0 radical (unpaired) electrons. The second-order valence-electron chi connectivity index (χ2n) is 4.50. The molecule has 0 aromatic heterocycles. The summed E-state index contributed by atoms with van der Waals surface area (Å²) >= 11 is 0. The highest BCUT2D eigenvalue weighted by Gasteiger charge is 2.39. The number of nitrogens with zero attached hydrogens (tertiary/aromatic N) is 1. The summed E-state index contributed by atoms with van der Waals surface area (Å²) in [4.78, 5) is 10.7. The van der Waals surface area contributed by atoms with Crippen LogP contribution in [-0.4, -0.2) is 37.8 Å². The van der Waals surface area contributed by atoms with E-state index in [0.717, 1.165) is 4.31 Å². The highest BCUT2D eigenvalue weighted by atomic mass is 32.2. The Balaban J connectivity index is 2.51. The van der Waals surface area contributed by atoms with Gasteiger partial charge in [-0.3, -0.25) is 4.79 Å². The van der Waals surface area contributed by atoms with E-state index < -0.39 is 44.3 Å². The quantitative estimate of drug-likeness (QED) is 0.845. The summed E-state index contributed by atoms with van der Waals surface area (Å²) in [5.74, 6) is -5.62. The molecule has 0 saturated carbocycles. The van der Waals surface area contributed by atoms with Crippen LogP contribution in [0.2, 0.25) is 0 Å². The van der Waals surface area contributed by atoms with Gasteiger partial charge in [0, 0.05) is 13.1 Å². The minimum Gasteiger partial charge on any atom is -0.353 e. The number of piperazine rings is 1. The number of carbonyl (C=O) groups is 1. The number of halogens is 3. The van der Waals surface area contributed by atoms with Crippen LogP contribution in [0.1, 0.15) is 13.3 Å². The normalized spacial score (nSPS) is 20.4. The van der Waals surface area contributed by atoms with Crippen LogP contribution in [0.4, 0.5) is 13.2 Å². The first-order valence-corrected chi connectivity index (χ1v) is 7.67. The van der Waals surface area contributed by atoms with E-state index in [-0.39, 0.29) is 19.5 Å². The largest absolute Gasteiger partial charge is 0.353 e. The number of amides is 1. The fourth-order valence-electron chi connectivity index (χ4n) is 2.20. The maximum Gasteiger partial charge on any atom is 0.246 e. The molecule has 0 aliphatic carbocycles. The lowest BCUT2D eigenvalue weighted by Gasteiger charge is -2.33. The molecule has 5 nitrogen and oxygen atoms in total. The maximum atomic E-state index is 13.7. The van der Waals surface area contributed by atoms with Gasteiger partial charge in [-0.2, -0.15) is 4.31 Å². The SMILES string of the molecule is CCC1C(=O)NCCN1S(=O)(=O)c1ccc(F)c(F)c1F. The van der Waals surface area contributed by atoms with E-state index in [1.807, 2.05) is 0 Å². The Morgan fingerprint density at radius 1 is 1.29 bits per heavy atom. The number of hydrogen-bond donors (Lipinski definition) is 1. The molecule has 9 heteroatoms. The van der Waals surface area contributed by atoms with Crippen LogP contribution < -0.4 is 5.32 Å². The molecule has 1 aromatic carbocycles. The van der Waals surface area contributed by atoms with E-state index >= 15 is 0 Å². The number of sulfonamides is 1. The van der Waals surface area contributed by atoms with E-state index in [1.165, 1.54) is 0 Å². The molecule has 1 aromatic rings. The van der Waals surface area contributed by atoms with Gasteiger partial charge in [0.25, 0.3) is 0 Å². The first-order valence-electron chi connectivity index (χ1n) is 6.23. The Kier molecular flexibility index (Phi) is 4.24. The van der Waals surface area contributed by atoms with Crippen LogP contribution in [0, 0.1) is 17.5 Å². The summed E-state index contributed by atoms with van der Waals surface area (Å²) < 4.78 is 65.5. The summed E-state index contributed by atoms with van der Waals surface area (Å²) in [6, 6.07) is 0.190. The van der Waals surface area contributed by atoms with E-state index in [0.29, 0.717) is 12.1 Å². The smallest absolute Gasteiger partial charge is 0.246 e. The number of carbonyl (C=O) groups excluding carboxylic acids is 1. The van der Waals surface area contributed by atoms with Gasteiger partial charge in [0.1, 0.15) is 10.9 Å². The third kappa shape index (κ3) is 2.62. The fourth-order valence-corrected chi connectivity index (χ4v) is 3.92. The van der Waals surface area contributed by atoms with Crippen molar-refractivity contribution < 1.29 is 26.4 Å². The summed E-state index contributed by atoms with van der Waals surface area (Å²) in [5, 5.41) is 2.50. The highest BCUT2D eigenvalue weighted by Crippen LogP contribution is 2.26. The van der Waals surface area contributed by atoms with Crippen molar-refractivity contribution >= 4 is 15.9 Å². The Hall–Kier alpha value is -1.61. The summed E-state index contributed by atoms with van der Waals surface area (Å²) in [6.45, 7) is 1.60. The summed E-state index contributed by atoms with van der Waals surface area (Å²) in [7, 11) is -4.44. The van der Waals surface area contributed by atoms with Crippen LogP contribution in [0.15, 0.2) is 17.0 Å². The van der Waals surface area contributed by atoms with Crippen molar-refractivity contribution in [2.75, 3.05) is 13.1 Å². The third-order valence-electron chi connectivity index (χ3n) is 3.25. The zero-order chi connectivity index (χ0) is 15.8. The van der Waals surface area contributed by atoms with Crippen LogP contribution in [0.5, 0.6) is 0 Å². The lowest BCUT2D eigenvalue weighted by Crippen LogP contribution is -2.56. The molecule has 1 fully saturated rings. The molecule has 1 aliphatic heterocycles. The standard InChI is InChI=1S/C12H13F3N2O3S/c1-2-8-12(18)16-5-6-17(8)21(19,20)9-4-3-7(13)10(14)11(9)15/h3-4,8H,2,5-6H2,1H3,(H,16,18). The molecule has 0 spiro atoms. The van der Waals surface area contributed by atoms with Crippen molar-refractivity contribution in [3.05, 3.63) is 29.6 Å². The molecule has 1 unspecified atom stereocenters. The Morgan fingerprint density at radius 2 is 1.95 bits per heavy atom. The lowest BCUT2D eigenvalue weighted by molar-refractivity contribution is -0.126.